The second kappa shape index (κ2) is 8.06. The lowest BCUT2D eigenvalue weighted by atomic mass is 10.0. The minimum atomic E-state index is 0.373. The molecule has 1 N–H and O–H groups in total. The van der Waals surface area contributed by atoms with Gasteiger partial charge in [-0.1, -0.05) is 26.7 Å². The molecule has 0 amide bonds. The number of unbranched alkanes of at least 4 members (excludes halogenated alkanes) is 1. The molecule has 102 valence electrons. The molecule has 1 aliphatic rings. The highest BCUT2D eigenvalue weighted by atomic mass is 16.5. The van der Waals surface area contributed by atoms with E-state index in [0.29, 0.717) is 18.2 Å². The first-order chi connectivity index (χ1) is 8.19. The number of nitrogens with one attached hydrogen (secondary N) is 1. The second-order valence-corrected chi connectivity index (χ2v) is 5.30. The molecule has 3 heteroatoms. The van der Waals surface area contributed by atoms with Gasteiger partial charge < -0.3 is 10.1 Å². The number of nitrogens with zero attached hydrogens (tertiary/aromatic N) is 1. The summed E-state index contributed by atoms with van der Waals surface area (Å²) in [5.74, 6) is 0. The van der Waals surface area contributed by atoms with Crippen LogP contribution < -0.4 is 5.32 Å². The molecule has 1 aliphatic heterocycles. The van der Waals surface area contributed by atoms with E-state index in [-0.39, 0.29) is 0 Å². The Morgan fingerprint density at radius 2 is 2.12 bits per heavy atom. The lowest BCUT2D eigenvalue weighted by molar-refractivity contribution is -0.0565. The molecule has 1 heterocycles. The zero-order valence-electron chi connectivity index (χ0n) is 12.0. The molecule has 1 saturated heterocycles. The van der Waals surface area contributed by atoms with Gasteiger partial charge >= 0.3 is 0 Å². The first kappa shape index (κ1) is 14.9. The molecule has 1 fully saturated rings. The summed E-state index contributed by atoms with van der Waals surface area (Å²) in [5.41, 5.74) is 0. The molecule has 0 radical (unpaired) electrons. The van der Waals surface area contributed by atoms with Gasteiger partial charge in [0.1, 0.15) is 0 Å². The topological polar surface area (TPSA) is 24.5 Å². The minimum absolute atomic E-state index is 0.373. The van der Waals surface area contributed by atoms with Crippen molar-refractivity contribution in [1.29, 1.82) is 0 Å². The molecule has 3 nitrogen and oxygen atoms in total. The van der Waals surface area contributed by atoms with Gasteiger partial charge in [-0.3, -0.25) is 4.90 Å². The van der Waals surface area contributed by atoms with Crippen molar-refractivity contribution < 1.29 is 4.74 Å². The molecule has 17 heavy (non-hydrogen) atoms. The standard InChI is InChI=1S/C14H30N2O/c1-5-7-8-13(15-6-2)14-11-16(12(3)4)9-10-17-14/h12-15H,5-11H2,1-4H3. The Balaban J connectivity index is 2.47. The summed E-state index contributed by atoms with van der Waals surface area (Å²) in [7, 11) is 0. The van der Waals surface area contributed by atoms with E-state index in [4.69, 9.17) is 4.74 Å². The van der Waals surface area contributed by atoms with Crippen molar-refractivity contribution in [2.75, 3.05) is 26.2 Å². The van der Waals surface area contributed by atoms with Crippen LogP contribution in [0.3, 0.4) is 0 Å². The SMILES string of the molecule is CCCCC(NCC)C1CN(C(C)C)CCO1. The van der Waals surface area contributed by atoms with E-state index in [1.165, 1.54) is 19.3 Å². The summed E-state index contributed by atoms with van der Waals surface area (Å²) in [6.45, 7) is 13.1. The lowest BCUT2D eigenvalue weighted by Crippen LogP contribution is -2.53. The Hall–Kier alpha value is -0.120. The van der Waals surface area contributed by atoms with Gasteiger partial charge in [0.05, 0.1) is 12.7 Å². The monoisotopic (exact) mass is 242 g/mol. The Bertz CT molecular complexity index is 197. The van der Waals surface area contributed by atoms with Crippen LogP contribution in [-0.4, -0.2) is 49.3 Å². The number of hydrogen-bond acceptors (Lipinski definition) is 3. The Morgan fingerprint density at radius 1 is 1.35 bits per heavy atom. The summed E-state index contributed by atoms with van der Waals surface area (Å²) >= 11 is 0. The average Bonchev–Trinajstić information content (AvgIpc) is 2.34. The van der Waals surface area contributed by atoms with E-state index >= 15 is 0 Å². The third kappa shape index (κ3) is 4.94. The maximum atomic E-state index is 5.97. The van der Waals surface area contributed by atoms with Gasteiger partial charge in [0.25, 0.3) is 0 Å². The van der Waals surface area contributed by atoms with Crippen LogP contribution in [0.25, 0.3) is 0 Å². The van der Waals surface area contributed by atoms with E-state index in [0.717, 1.165) is 26.2 Å². The molecule has 0 aromatic rings. The number of ether oxygens (including phenoxy) is 1. The molecule has 0 bridgehead atoms. The quantitative estimate of drug-likeness (QED) is 0.741. The fourth-order valence-corrected chi connectivity index (χ4v) is 2.51. The Morgan fingerprint density at radius 3 is 2.71 bits per heavy atom. The molecule has 0 aromatic carbocycles. The molecule has 0 aliphatic carbocycles. The lowest BCUT2D eigenvalue weighted by Gasteiger charge is -2.39. The fourth-order valence-electron chi connectivity index (χ4n) is 2.51. The van der Waals surface area contributed by atoms with E-state index in [1.807, 2.05) is 0 Å². The molecule has 2 atom stereocenters. The number of morpholine rings is 1. The van der Waals surface area contributed by atoms with Crippen molar-refractivity contribution in [3.05, 3.63) is 0 Å². The number of hydrogen-bond donors (Lipinski definition) is 1. The van der Waals surface area contributed by atoms with Crippen LogP contribution >= 0.6 is 0 Å². The molecular formula is C14H30N2O. The third-order valence-electron chi connectivity index (χ3n) is 3.64. The first-order valence-electron chi connectivity index (χ1n) is 7.28. The highest BCUT2D eigenvalue weighted by Crippen LogP contribution is 2.15. The van der Waals surface area contributed by atoms with Crippen molar-refractivity contribution in [2.45, 2.75) is 65.1 Å². The largest absolute Gasteiger partial charge is 0.374 e. The van der Waals surface area contributed by atoms with Gasteiger partial charge in [0.15, 0.2) is 0 Å². The molecule has 0 aromatic heterocycles. The summed E-state index contributed by atoms with van der Waals surface area (Å²) in [4.78, 5) is 2.53. The van der Waals surface area contributed by atoms with Crippen LogP contribution in [-0.2, 0) is 4.74 Å². The zero-order chi connectivity index (χ0) is 12.7. The zero-order valence-corrected chi connectivity index (χ0v) is 12.0. The first-order valence-corrected chi connectivity index (χ1v) is 7.28. The van der Waals surface area contributed by atoms with Crippen molar-refractivity contribution in [1.82, 2.24) is 10.2 Å². The molecule has 0 saturated carbocycles. The van der Waals surface area contributed by atoms with Crippen LogP contribution in [0.4, 0.5) is 0 Å². The van der Waals surface area contributed by atoms with Gasteiger partial charge in [-0.2, -0.15) is 0 Å². The van der Waals surface area contributed by atoms with Crippen LogP contribution in [0.5, 0.6) is 0 Å². The van der Waals surface area contributed by atoms with Gasteiger partial charge in [0.2, 0.25) is 0 Å². The highest BCUT2D eigenvalue weighted by Gasteiger charge is 2.28. The summed E-state index contributed by atoms with van der Waals surface area (Å²) in [6, 6.07) is 1.16. The van der Waals surface area contributed by atoms with Crippen molar-refractivity contribution >= 4 is 0 Å². The predicted octanol–water partition coefficient (Wildman–Crippen LogP) is 2.26. The van der Waals surface area contributed by atoms with E-state index in [1.54, 1.807) is 0 Å². The second-order valence-electron chi connectivity index (χ2n) is 5.30. The van der Waals surface area contributed by atoms with Gasteiger partial charge in [-0.15, -0.1) is 0 Å². The van der Waals surface area contributed by atoms with Crippen LogP contribution in [0.1, 0.15) is 47.0 Å². The molecule has 1 rings (SSSR count). The van der Waals surface area contributed by atoms with Crippen LogP contribution in [0.2, 0.25) is 0 Å². The summed E-state index contributed by atoms with van der Waals surface area (Å²) < 4.78 is 5.97. The van der Waals surface area contributed by atoms with Crippen molar-refractivity contribution in [3.8, 4) is 0 Å². The molecule has 0 spiro atoms. The van der Waals surface area contributed by atoms with E-state index in [2.05, 4.69) is 37.9 Å². The van der Waals surface area contributed by atoms with Crippen LogP contribution in [0, 0.1) is 0 Å². The van der Waals surface area contributed by atoms with Crippen molar-refractivity contribution in [2.24, 2.45) is 0 Å². The summed E-state index contributed by atoms with van der Waals surface area (Å²) in [5, 5.41) is 3.59. The van der Waals surface area contributed by atoms with Gasteiger partial charge in [0, 0.05) is 25.2 Å². The normalized spacial score (nSPS) is 24.2. The minimum Gasteiger partial charge on any atom is -0.374 e. The Kier molecular flexibility index (Phi) is 7.09. The average molecular weight is 242 g/mol. The number of likely N-dealkylation sites (N-methyl/N-ethyl adjacent to an activating group) is 1. The van der Waals surface area contributed by atoms with Gasteiger partial charge in [-0.25, -0.2) is 0 Å². The Labute approximate surface area is 107 Å². The molecular weight excluding hydrogens is 212 g/mol. The van der Waals surface area contributed by atoms with Crippen molar-refractivity contribution in [3.63, 3.8) is 0 Å². The predicted molar refractivity (Wildman–Crippen MR) is 73.4 cm³/mol. The fraction of sp³-hybridized carbons (Fsp3) is 1.00. The maximum absolute atomic E-state index is 5.97. The van der Waals surface area contributed by atoms with E-state index < -0.39 is 0 Å². The third-order valence-corrected chi connectivity index (χ3v) is 3.64. The number of rotatable bonds is 7. The van der Waals surface area contributed by atoms with Gasteiger partial charge in [-0.05, 0) is 26.8 Å². The highest BCUT2D eigenvalue weighted by molar-refractivity contribution is 4.83. The maximum Gasteiger partial charge on any atom is 0.0855 e. The molecule has 2 unspecified atom stereocenters. The van der Waals surface area contributed by atoms with Crippen LogP contribution in [0.15, 0.2) is 0 Å². The van der Waals surface area contributed by atoms with E-state index in [9.17, 15) is 0 Å². The smallest absolute Gasteiger partial charge is 0.0855 e. The summed E-state index contributed by atoms with van der Waals surface area (Å²) in [6.07, 6.45) is 4.17.